The minimum atomic E-state index is -3.35. The van der Waals surface area contributed by atoms with Gasteiger partial charge in [-0.25, -0.2) is 8.42 Å². The van der Waals surface area contributed by atoms with Crippen molar-refractivity contribution in [3.63, 3.8) is 0 Å². The fourth-order valence-corrected chi connectivity index (χ4v) is 5.04. The van der Waals surface area contributed by atoms with Gasteiger partial charge in [-0.3, -0.25) is 14.5 Å². The Morgan fingerprint density at radius 3 is 2.14 bits per heavy atom. The Labute approximate surface area is 218 Å². The molecule has 9 heteroatoms. The highest BCUT2D eigenvalue weighted by molar-refractivity contribution is 7.89. The molecule has 4 rings (SSSR count). The molecule has 0 saturated carbocycles. The second-order valence-corrected chi connectivity index (χ2v) is 11.6. The highest BCUT2D eigenvalue weighted by Gasteiger charge is 2.19. The zero-order valence-corrected chi connectivity index (χ0v) is 21.9. The molecule has 0 unspecified atom stereocenters. The van der Waals surface area contributed by atoms with Crippen molar-refractivity contribution in [2.45, 2.75) is 5.75 Å². The molecule has 8 nitrogen and oxygen atoms in total. The monoisotopic (exact) mass is 520 g/mol. The lowest BCUT2D eigenvalue weighted by Crippen LogP contribution is -2.47. The molecular formula is C28H32N4O4S. The predicted octanol–water partition coefficient (Wildman–Crippen LogP) is 3.34. The summed E-state index contributed by atoms with van der Waals surface area (Å²) in [6, 6.07) is 22.2. The number of sulfone groups is 1. The summed E-state index contributed by atoms with van der Waals surface area (Å²) in [7, 11) is -1.30. The van der Waals surface area contributed by atoms with Gasteiger partial charge in [-0.2, -0.15) is 0 Å². The van der Waals surface area contributed by atoms with Crippen LogP contribution in [0.1, 0.15) is 15.9 Å². The van der Waals surface area contributed by atoms with Crippen LogP contribution in [0.3, 0.4) is 0 Å². The summed E-state index contributed by atoms with van der Waals surface area (Å²) in [5.41, 5.74) is 3.84. The Hall–Kier alpha value is -3.53. The van der Waals surface area contributed by atoms with E-state index in [1.165, 1.54) is 6.07 Å². The van der Waals surface area contributed by atoms with E-state index in [-0.39, 0.29) is 24.1 Å². The first-order valence-electron chi connectivity index (χ1n) is 12.1. The summed E-state index contributed by atoms with van der Waals surface area (Å²) in [6.07, 6.45) is 1.14. The zero-order chi connectivity index (χ0) is 26.4. The van der Waals surface area contributed by atoms with Gasteiger partial charge in [-0.1, -0.05) is 48.5 Å². The Morgan fingerprint density at radius 2 is 1.49 bits per heavy atom. The maximum Gasteiger partial charge on any atom is 0.255 e. The van der Waals surface area contributed by atoms with Gasteiger partial charge in [0.15, 0.2) is 9.84 Å². The third kappa shape index (κ3) is 7.72. The van der Waals surface area contributed by atoms with Gasteiger partial charge in [0, 0.05) is 49.4 Å². The number of nitrogens with zero attached hydrogens (tertiary/aromatic N) is 2. The molecule has 1 saturated heterocycles. The van der Waals surface area contributed by atoms with Crippen molar-refractivity contribution >= 4 is 33.0 Å². The Balaban J connectivity index is 1.48. The molecule has 1 aliphatic rings. The molecule has 1 aliphatic heterocycles. The number of amides is 2. The number of nitrogens with one attached hydrogen (secondary N) is 2. The summed E-state index contributed by atoms with van der Waals surface area (Å²) in [5, 5.41) is 5.71. The van der Waals surface area contributed by atoms with Crippen molar-refractivity contribution in [1.82, 2.24) is 9.80 Å². The number of carbonyl (C=O) groups is 2. The average molecular weight is 521 g/mol. The summed E-state index contributed by atoms with van der Waals surface area (Å²) in [6.45, 7) is 3.54. The number of anilines is 2. The van der Waals surface area contributed by atoms with Crippen LogP contribution in [0.4, 0.5) is 11.4 Å². The first kappa shape index (κ1) is 26.5. The molecule has 0 spiro atoms. The second kappa shape index (κ2) is 11.7. The normalized spacial score (nSPS) is 14.8. The number of benzene rings is 3. The summed E-state index contributed by atoms with van der Waals surface area (Å²) in [5.74, 6) is -0.832. The fourth-order valence-electron chi connectivity index (χ4n) is 4.22. The summed E-state index contributed by atoms with van der Waals surface area (Å²) >= 11 is 0. The number of likely N-dealkylation sites (N-methyl/N-ethyl adjacent to an activating group) is 1. The number of rotatable bonds is 8. The van der Waals surface area contributed by atoms with Crippen molar-refractivity contribution in [2.24, 2.45) is 0 Å². The van der Waals surface area contributed by atoms with Gasteiger partial charge in [0.2, 0.25) is 5.91 Å². The minimum Gasteiger partial charge on any atom is -0.325 e. The molecule has 3 aromatic carbocycles. The van der Waals surface area contributed by atoms with Crippen LogP contribution in [0.5, 0.6) is 0 Å². The molecule has 194 valence electrons. The summed E-state index contributed by atoms with van der Waals surface area (Å²) in [4.78, 5) is 30.0. The Morgan fingerprint density at radius 1 is 0.838 bits per heavy atom. The van der Waals surface area contributed by atoms with E-state index in [0.717, 1.165) is 43.6 Å². The maximum atomic E-state index is 13.0. The van der Waals surface area contributed by atoms with Crippen LogP contribution >= 0.6 is 0 Å². The lowest BCUT2D eigenvalue weighted by Gasteiger charge is -2.31. The van der Waals surface area contributed by atoms with E-state index >= 15 is 0 Å². The molecule has 1 fully saturated rings. The highest BCUT2D eigenvalue weighted by Crippen LogP contribution is 2.23. The fraction of sp³-hybridized carbons (Fsp3) is 0.286. The zero-order valence-electron chi connectivity index (χ0n) is 21.1. The molecule has 3 aromatic rings. The van der Waals surface area contributed by atoms with Crippen molar-refractivity contribution in [2.75, 3.05) is 56.7 Å². The Bertz CT molecular complexity index is 1350. The van der Waals surface area contributed by atoms with E-state index in [1.54, 1.807) is 12.1 Å². The average Bonchev–Trinajstić information content (AvgIpc) is 2.86. The molecule has 0 atom stereocenters. The molecule has 0 aromatic heterocycles. The van der Waals surface area contributed by atoms with Crippen molar-refractivity contribution in [3.05, 3.63) is 83.9 Å². The van der Waals surface area contributed by atoms with Gasteiger partial charge in [0.25, 0.3) is 5.91 Å². The van der Waals surface area contributed by atoms with E-state index in [1.807, 2.05) is 61.6 Å². The lowest BCUT2D eigenvalue weighted by atomic mass is 10.1. The largest absolute Gasteiger partial charge is 0.325 e. The third-order valence-electron chi connectivity index (χ3n) is 6.28. The number of hydrogen-bond donors (Lipinski definition) is 2. The van der Waals surface area contributed by atoms with Crippen LogP contribution in [0.15, 0.2) is 72.8 Å². The van der Waals surface area contributed by atoms with Gasteiger partial charge < -0.3 is 15.5 Å². The topological polar surface area (TPSA) is 98.8 Å². The van der Waals surface area contributed by atoms with Crippen molar-refractivity contribution in [1.29, 1.82) is 0 Å². The van der Waals surface area contributed by atoms with Gasteiger partial charge in [-0.15, -0.1) is 0 Å². The Kier molecular flexibility index (Phi) is 8.38. The molecule has 2 N–H and O–H groups in total. The molecular weight excluding hydrogens is 488 g/mol. The highest BCUT2D eigenvalue weighted by atomic mass is 32.2. The van der Waals surface area contributed by atoms with Gasteiger partial charge >= 0.3 is 0 Å². The molecule has 0 aliphatic carbocycles. The van der Waals surface area contributed by atoms with E-state index in [2.05, 4.69) is 20.4 Å². The van der Waals surface area contributed by atoms with Crippen LogP contribution in [0.2, 0.25) is 0 Å². The van der Waals surface area contributed by atoms with E-state index < -0.39 is 9.84 Å². The van der Waals surface area contributed by atoms with Crippen molar-refractivity contribution < 1.29 is 18.0 Å². The quantitative estimate of drug-likeness (QED) is 0.473. The molecule has 1 heterocycles. The molecule has 0 bridgehead atoms. The standard InChI is InChI=1S/C28H32N4O4S/c1-31-14-16-32(17-15-31)19-27(33)30-26-18-23(8-9-24(26)20-37(2,35)36)28(34)29-25-12-10-22(11-13-25)21-6-4-3-5-7-21/h3-13,18H,14-17,19-20H2,1-2H3,(H,29,34)(H,30,33). The van der Waals surface area contributed by atoms with E-state index in [4.69, 9.17) is 0 Å². The first-order chi connectivity index (χ1) is 17.7. The second-order valence-electron chi connectivity index (χ2n) is 9.47. The van der Waals surface area contributed by atoms with Crippen LogP contribution in [-0.4, -0.2) is 76.1 Å². The molecule has 2 amide bonds. The van der Waals surface area contributed by atoms with Gasteiger partial charge in [0.1, 0.15) is 0 Å². The van der Waals surface area contributed by atoms with E-state index in [0.29, 0.717) is 22.5 Å². The van der Waals surface area contributed by atoms with Crippen LogP contribution in [0.25, 0.3) is 11.1 Å². The third-order valence-corrected chi connectivity index (χ3v) is 7.11. The SMILES string of the molecule is CN1CCN(CC(=O)Nc2cc(C(=O)Nc3ccc(-c4ccccc4)cc3)ccc2CS(C)(=O)=O)CC1. The van der Waals surface area contributed by atoms with Gasteiger partial charge in [0.05, 0.1) is 12.3 Å². The maximum absolute atomic E-state index is 13.0. The van der Waals surface area contributed by atoms with E-state index in [9.17, 15) is 18.0 Å². The number of hydrogen-bond acceptors (Lipinski definition) is 6. The number of piperazine rings is 1. The molecule has 37 heavy (non-hydrogen) atoms. The predicted molar refractivity (Wildman–Crippen MR) is 147 cm³/mol. The smallest absolute Gasteiger partial charge is 0.255 e. The number of carbonyl (C=O) groups excluding carboxylic acids is 2. The summed E-state index contributed by atoms with van der Waals surface area (Å²) < 4.78 is 23.9. The van der Waals surface area contributed by atoms with Crippen molar-refractivity contribution in [3.8, 4) is 11.1 Å². The van der Waals surface area contributed by atoms with Gasteiger partial charge in [-0.05, 0) is 48.0 Å². The minimum absolute atomic E-state index is 0.205. The first-order valence-corrected chi connectivity index (χ1v) is 14.2. The van der Waals surface area contributed by atoms with Crippen LogP contribution in [0, 0.1) is 0 Å². The lowest BCUT2D eigenvalue weighted by molar-refractivity contribution is -0.117. The molecule has 0 radical (unpaired) electrons. The van der Waals surface area contributed by atoms with Crippen LogP contribution < -0.4 is 10.6 Å². The van der Waals surface area contributed by atoms with Crippen LogP contribution in [-0.2, 0) is 20.4 Å².